The first-order valence-electron chi connectivity index (χ1n) is 7.43. The monoisotopic (exact) mass is 301 g/mol. The zero-order valence-electron chi connectivity index (χ0n) is 13.0. The van der Waals surface area contributed by atoms with Crippen LogP contribution in [0.1, 0.15) is 35.3 Å². The molecule has 0 aliphatic carbocycles. The number of hydrogen-bond acceptors (Lipinski definition) is 3. The minimum Gasteiger partial charge on any atom is -0.352 e. The first-order chi connectivity index (χ1) is 10.6. The quantitative estimate of drug-likeness (QED) is 0.891. The minimum absolute atomic E-state index is 0.149. The number of nitrogens with one attached hydrogen (secondary N) is 2. The number of hydrogen-bond donors (Lipinski definition) is 2. The van der Waals surface area contributed by atoms with Gasteiger partial charge in [-0.15, -0.1) is 0 Å². The summed E-state index contributed by atoms with van der Waals surface area (Å²) in [4.78, 5) is 16.1. The van der Waals surface area contributed by atoms with Gasteiger partial charge in [-0.3, -0.25) is 9.78 Å². The van der Waals surface area contributed by atoms with E-state index in [2.05, 4.69) is 15.6 Å². The Bertz CT molecular complexity index is 686. The summed E-state index contributed by atoms with van der Waals surface area (Å²) in [5.74, 6) is -0.498. The van der Waals surface area contributed by atoms with Crippen molar-refractivity contribution < 1.29 is 9.18 Å². The van der Waals surface area contributed by atoms with Crippen LogP contribution in [0.2, 0.25) is 0 Å². The number of aromatic nitrogens is 1. The number of rotatable bonds is 2. The van der Waals surface area contributed by atoms with Gasteiger partial charge in [0, 0.05) is 12.7 Å². The molecule has 1 aromatic heterocycles. The van der Waals surface area contributed by atoms with Gasteiger partial charge in [0.25, 0.3) is 5.91 Å². The van der Waals surface area contributed by atoms with Crippen molar-refractivity contribution in [2.75, 3.05) is 11.9 Å². The first-order valence-corrected chi connectivity index (χ1v) is 7.43. The van der Waals surface area contributed by atoms with Gasteiger partial charge in [0.2, 0.25) is 0 Å². The smallest absolute Gasteiger partial charge is 0.253 e. The van der Waals surface area contributed by atoms with Gasteiger partial charge >= 0.3 is 0 Å². The number of carbonyl (C=O) groups excluding carboxylic acids is 1. The predicted octanol–water partition coefficient (Wildman–Crippen LogP) is 3.58. The van der Waals surface area contributed by atoms with Crippen molar-refractivity contribution >= 4 is 17.3 Å². The summed E-state index contributed by atoms with van der Waals surface area (Å²) in [6, 6.07) is 4.92. The lowest BCUT2D eigenvalue weighted by Gasteiger charge is -2.19. The number of aryl methyl sites for hydroxylation is 1. The van der Waals surface area contributed by atoms with E-state index in [1.54, 1.807) is 18.5 Å². The lowest BCUT2D eigenvalue weighted by molar-refractivity contribution is 0.0946. The Morgan fingerprint density at radius 3 is 2.73 bits per heavy atom. The summed E-state index contributed by atoms with van der Waals surface area (Å²) in [5, 5.41) is 5.75. The van der Waals surface area contributed by atoms with E-state index in [4.69, 9.17) is 0 Å². The summed E-state index contributed by atoms with van der Waals surface area (Å²) < 4.78 is 13.9. The molecule has 1 aliphatic rings. The number of benzene rings is 1. The number of carbonyl (C=O) groups is 1. The maximum atomic E-state index is 13.9. The number of anilines is 2. The number of halogens is 1. The Hall–Kier alpha value is -2.43. The van der Waals surface area contributed by atoms with Crippen molar-refractivity contribution in [3.05, 3.63) is 53.1 Å². The largest absolute Gasteiger partial charge is 0.352 e. The maximum absolute atomic E-state index is 13.9. The lowest BCUT2D eigenvalue weighted by Crippen LogP contribution is -2.32. The van der Waals surface area contributed by atoms with Crippen LogP contribution in [0.4, 0.5) is 15.8 Å². The molecule has 116 valence electrons. The molecule has 0 unspecified atom stereocenters. The summed E-state index contributed by atoms with van der Waals surface area (Å²) in [6.45, 7) is 6.43. The summed E-state index contributed by atoms with van der Waals surface area (Å²) in [6.07, 6.45) is 3.97. The maximum Gasteiger partial charge on any atom is 0.253 e. The van der Waals surface area contributed by atoms with E-state index in [0.717, 1.165) is 17.5 Å². The number of pyridine rings is 1. The topological polar surface area (TPSA) is 54.0 Å². The zero-order valence-corrected chi connectivity index (χ0v) is 13.0. The van der Waals surface area contributed by atoms with E-state index in [-0.39, 0.29) is 11.7 Å². The highest BCUT2D eigenvalue weighted by Gasteiger charge is 2.21. The molecular weight excluding hydrogens is 281 g/mol. The Balaban J connectivity index is 0.000000847. The second-order valence-electron chi connectivity index (χ2n) is 4.84. The average molecular weight is 301 g/mol. The predicted molar refractivity (Wildman–Crippen MR) is 86.0 cm³/mol. The number of nitrogens with zero attached hydrogens (tertiary/aromatic N) is 1. The van der Waals surface area contributed by atoms with E-state index in [1.807, 2.05) is 26.8 Å². The van der Waals surface area contributed by atoms with Crippen LogP contribution >= 0.6 is 0 Å². The minimum atomic E-state index is -0.348. The van der Waals surface area contributed by atoms with Gasteiger partial charge in [0.05, 0.1) is 23.1 Å². The summed E-state index contributed by atoms with van der Waals surface area (Å²) in [5.41, 5.74) is 3.14. The molecule has 22 heavy (non-hydrogen) atoms. The second-order valence-corrected chi connectivity index (χ2v) is 4.84. The molecule has 0 atom stereocenters. The highest BCUT2D eigenvalue weighted by atomic mass is 19.1. The SMILES string of the molecule is CC.Cc1ccc(Nc2cncc3c2C(=O)NCC3)c(F)c1. The zero-order chi connectivity index (χ0) is 16.1. The van der Waals surface area contributed by atoms with Crippen molar-refractivity contribution in [2.24, 2.45) is 0 Å². The number of amides is 1. The van der Waals surface area contributed by atoms with E-state index in [0.29, 0.717) is 23.5 Å². The second kappa shape index (κ2) is 7.02. The molecule has 1 aliphatic heterocycles. The molecule has 1 amide bonds. The van der Waals surface area contributed by atoms with Gasteiger partial charge in [-0.1, -0.05) is 19.9 Å². The molecule has 0 spiro atoms. The van der Waals surface area contributed by atoms with E-state index >= 15 is 0 Å². The Kier molecular flexibility index (Phi) is 5.09. The molecule has 2 aromatic rings. The van der Waals surface area contributed by atoms with E-state index < -0.39 is 0 Å². The standard InChI is InChI=1S/C15H14FN3O.C2H6/c1-9-2-3-12(11(16)6-9)19-13-8-17-7-10-4-5-18-15(20)14(10)13;1-2/h2-3,6-8,19H,4-5H2,1H3,(H,18,20);1-2H3. The number of fused-ring (bicyclic) bond motifs is 1. The van der Waals surface area contributed by atoms with Crippen LogP contribution in [0.5, 0.6) is 0 Å². The van der Waals surface area contributed by atoms with Crippen molar-refractivity contribution in [1.29, 1.82) is 0 Å². The average Bonchev–Trinajstić information content (AvgIpc) is 2.52. The fourth-order valence-corrected chi connectivity index (χ4v) is 2.32. The molecule has 0 saturated heterocycles. The first kappa shape index (κ1) is 15.9. The van der Waals surface area contributed by atoms with Gasteiger partial charge in [0.1, 0.15) is 5.82 Å². The molecular formula is C17H20FN3O. The molecule has 0 saturated carbocycles. The van der Waals surface area contributed by atoms with Gasteiger partial charge in [-0.05, 0) is 36.6 Å². The van der Waals surface area contributed by atoms with Crippen LogP contribution in [-0.2, 0) is 6.42 Å². The van der Waals surface area contributed by atoms with Crippen LogP contribution in [0, 0.1) is 12.7 Å². The highest BCUT2D eigenvalue weighted by molar-refractivity contribution is 6.02. The van der Waals surface area contributed by atoms with Crippen LogP contribution in [0.25, 0.3) is 0 Å². The van der Waals surface area contributed by atoms with Gasteiger partial charge < -0.3 is 10.6 Å². The van der Waals surface area contributed by atoms with Gasteiger partial charge in [-0.2, -0.15) is 0 Å². The Morgan fingerprint density at radius 2 is 2.00 bits per heavy atom. The fourth-order valence-electron chi connectivity index (χ4n) is 2.32. The molecule has 4 nitrogen and oxygen atoms in total. The molecule has 3 rings (SSSR count). The normalized spacial score (nSPS) is 12.6. The van der Waals surface area contributed by atoms with Gasteiger partial charge in [0.15, 0.2) is 0 Å². The summed E-state index contributed by atoms with van der Waals surface area (Å²) in [7, 11) is 0. The molecule has 5 heteroatoms. The van der Waals surface area contributed by atoms with Crippen LogP contribution in [-0.4, -0.2) is 17.4 Å². The van der Waals surface area contributed by atoms with Crippen LogP contribution in [0.15, 0.2) is 30.6 Å². The molecule has 0 radical (unpaired) electrons. The third-order valence-corrected chi connectivity index (χ3v) is 3.33. The highest BCUT2D eigenvalue weighted by Crippen LogP contribution is 2.26. The molecule has 2 N–H and O–H groups in total. The van der Waals surface area contributed by atoms with Gasteiger partial charge in [-0.25, -0.2) is 4.39 Å². The summed E-state index contributed by atoms with van der Waals surface area (Å²) >= 11 is 0. The van der Waals surface area contributed by atoms with Crippen LogP contribution in [0.3, 0.4) is 0 Å². The third kappa shape index (κ3) is 3.24. The third-order valence-electron chi connectivity index (χ3n) is 3.33. The van der Waals surface area contributed by atoms with E-state index in [9.17, 15) is 9.18 Å². The molecule has 0 fully saturated rings. The molecule has 2 heterocycles. The van der Waals surface area contributed by atoms with Crippen molar-refractivity contribution in [1.82, 2.24) is 10.3 Å². The van der Waals surface area contributed by atoms with Crippen molar-refractivity contribution in [3.8, 4) is 0 Å². The fraction of sp³-hybridized carbons (Fsp3) is 0.294. The van der Waals surface area contributed by atoms with Crippen molar-refractivity contribution in [3.63, 3.8) is 0 Å². The Labute approximate surface area is 129 Å². The van der Waals surface area contributed by atoms with Crippen LogP contribution < -0.4 is 10.6 Å². The van der Waals surface area contributed by atoms with Crippen molar-refractivity contribution in [2.45, 2.75) is 27.2 Å². The van der Waals surface area contributed by atoms with E-state index in [1.165, 1.54) is 6.07 Å². The lowest BCUT2D eigenvalue weighted by atomic mass is 10.0. The Morgan fingerprint density at radius 1 is 1.23 bits per heavy atom. The molecule has 0 bridgehead atoms. The molecule has 1 aromatic carbocycles.